The molecule has 0 aliphatic rings. The first kappa shape index (κ1) is 11.0. The SMILES string of the molecule is O=c1nc2sc3c(S)cccc3n2c2ncccc12. The highest BCUT2D eigenvalue weighted by Crippen LogP contribution is 2.31. The first-order valence-electron chi connectivity index (χ1n) is 5.64. The Morgan fingerprint density at radius 1 is 1.21 bits per heavy atom. The van der Waals surface area contributed by atoms with Gasteiger partial charge in [0.15, 0.2) is 10.6 Å². The first-order chi connectivity index (χ1) is 9.25. The Morgan fingerprint density at radius 2 is 2.11 bits per heavy atom. The zero-order valence-corrected chi connectivity index (χ0v) is 11.3. The van der Waals surface area contributed by atoms with Crippen molar-refractivity contribution in [3.63, 3.8) is 0 Å². The highest BCUT2D eigenvalue weighted by molar-refractivity contribution is 7.80. The van der Waals surface area contributed by atoms with E-state index in [-0.39, 0.29) is 5.56 Å². The van der Waals surface area contributed by atoms with Crippen LogP contribution >= 0.6 is 24.0 Å². The number of fused-ring (bicyclic) bond motifs is 5. The van der Waals surface area contributed by atoms with Crippen LogP contribution in [0.1, 0.15) is 0 Å². The fourth-order valence-electron chi connectivity index (χ4n) is 2.20. The summed E-state index contributed by atoms with van der Waals surface area (Å²) in [5, 5.41) is 0.532. The molecule has 4 rings (SSSR count). The van der Waals surface area contributed by atoms with E-state index in [1.807, 2.05) is 22.6 Å². The largest absolute Gasteiger partial charge is 0.283 e. The van der Waals surface area contributed by atoms with E-state index in [4.69, 9.17) is 0 Å². The number of benzene rings is 1. The van der Waals surface area contributed by atoms with Gasteiger partial charge >= 0.3 is 0 Å². The van der Waals surface area contributed by atoms with E-state index in [0.29, 0.717) is 16.0 Å². The summed E-state index contributed by atoms with van der Waals surface area (Å²) in [6.45, 7) is 0. The summed E-state index contributed by atoms with van der Waals surface area (Å²) in [5.74, 6) is 0. The smallest absolute Gasteiger partial charge is 0.268 e. The van der Waals surface area contributed by atoms with E-state index in [2.05, 4.69) is 22.6 Å². The van der Waals surface area contributed by atoms with Crippen molar-refractivity contribution in [1.29, 1.82) is 0 Å². The van der Waals surface area contributed by atoms with Crippen LogP contribution in [0.4, 0.5) is 0 Å². The molecule has 3 heterocycles. The summed E-state index contributed by atoms with van der Waals surface area (Å²) < 4.78 is 2.92. The van der Waals surface area contributed by atoms with Gasteiger partial charge in [0.05, 0.1) is 15.6 Å². The molecule has 0 unspecified atom stereocenters. The van der Waals surface area contributed by atoms with Gasteiger partial charge in [-0.1, -0.05) is 17.4 Å². The zero-order chi connectivity index (χ0) is 13.0. The number of aromatic nitrogens is 3. The van der Waals surface area contributed by atoms with Crippen molar-refractivity contribution in [2.24, 2.45) is 0 Å². The molecule has 0 saturated carbocycles. The lowest BCUT2D eigenvalue weighted by Crippen LogP contribution is -2.09. The van der Waals surface area contributed by atoms with Gasteiger partial charge in [0.1, 0.15) is 0 Å². The Bertz CT molecular complexity index is 1000. The monoisotopic (exact) mass is 285 g/mol. The maximum atomic E-state index is 12.0. The summed E-state index contributed by atoms with van der Waals surface area (Å²) in [7, 11) is 0. The van der Waals surface area contributed by atoms with E-state index < -0.39 is 0 Å². The molecule has 0 N–H and O–H groups in total. The number of hydrogen-bond acceptors (Lipinski definition) is 5. The maximum Gasteiger partial charge on any atom is 0.283 e. The molecular weight excluding hydrogens is 278 g/mol. The van der Waals surface area contributed by atoms with E-state index in [9.17, 15) is 4.79 Å². The Kier molecular flexibility index (Phi) is 2.18. The lowest BCUT2D eigenvalue weighted by molar-refractivity contribution is 1.16. The lowest BCUT2D eigenvalue weighted by Gasteiger charge is -2.00. The molecule has 0 amide bonds. The highest BCUT2D eigenvalue weighted by Gasteiger charge is 2.12. The molecule has 0 atom stereocenters. The second-order valence-electron chi connectivity index (χ2n) is 4.14. The second-order valence-corrected chi connectivity index (χ2v) is 5.60. The number of thiazole rings is 1. The van der Waals surface area contributed by atoms with Crippen LogP contribution in [0.15, 0.2) is 46.2 Å². The van der Waals surface area contributed by atoms with E-state index in [0.717, 1.165) is 15.1 Å². The van der Waals surface area contributed by atoms with Crippen molar-refractivity contribution in [2.45, 2.75) is 4.90 Å². The molecule has 19 heavy (non-hydrogen) atoms. The molecule has 0 fully saturated rings. The van der Waals surface area contributed by atoms with Gasteiger partial charge in [-0.05, 0) is 24.3 Å². The minimum atomic E-state index is -0.240. The summed E-state index contributed by atoms with van der Waals surface area (Å²) in [4.78, 5) is 22.0. The zero-order valence-electron chi connectivity index (χ0n) is 9.57. The Balaban J connectivity index is 2.42. The Morgan fingerprint density at radius 3 is 3.00 bits per heavy atom. The van der Waals surface area contributed by atoms with Crippen LogP contribution in [0.25, 0.3) is 26.2 Å². The molecule has 1 aromatic carbocycles. The van der Waals surface area contributed by atoms with E-state index in [1.54, 1.807) is 18.3 Å². The number of nitrogens with zero attached hydrogens (tertiary/aromatic N) is 3. The van der Waals surface area contributed by atoms with Gasteiger partial charge in [-0.25, -0.2) is 4.98 Å². The van der Waals surface area contributed by atoms with Gasteiger partial charge in [0.2, 0.25) is 0 Å². The van der Waals surface area contributed by atoms with Gasteiger partial charge in [0.25, 0.3) is 5.56 Å². The molecule has 0 aliphatic carbocycles. The van der Waals surface area contributed by atoms with Gasteiger partial charge in [0, 0.05) is 11.1 Å². The molecule has 4 nitrogen and oxygen atoms in total. The van der Waals surface area contributed by atoms with Gasteiger partial charge in [-0.2, -0.15) is 4.98 Å². The summed E-state index contributed by atoms with van der Waals surface area (Å²) >= 11 is 5.90. The van der Waals surface area contributed by atoms with Crippen LogP contribution in [0.3, 0.4) is 0 Å². The van der Waals surface area contributed by atoms with E-state index >= 15 is 0 Å². The average molecular weight is 285 g/mol. The first-order valence-corrected chi connectivity index (χ1v) is 6.90. The fourth-order valence-corrected chi connectivity index (χ4v) is 3.56. The summed E-state index contributed by atoms with van der Waals surface area (Å²) in [6.07, 6.45) is 1.68. The third-order valence-corrected chi connectivity index (χ3v) is 4.64. The van der Waals surface area contributed by atoms with Gasteiger partial charge < -0.3 is 0 Å². The molecule has 0 bridgehead atoms. The summed E-state index contributed by atoms with van der Waals surface area (Å²) in [6, 6.07) is 9.34. The third-order valence-electron chi connectivity index (χ3n) is 3.03. The number of rotatable bonds is 0. The van der Waals surface area contributed by atoms with Gasteiger partial charge in [-0.3, -0.25) is 9.20 Å². The van der Waals surface area contributed by atoms with Crippen molar-refractivity contribution >= 4 is 50.2 Å². The van der Waals surface area contributed by atoms with Crippen molar-refractivity contribution in [1.82, 2.24) is 14.4 Å². The quantitative estimate of drug-likeness (QED) is 0.505. The van der Waals surface area contributed by atoms with E-state index in [1.165, 1.54) is 11.3 Å². The third kappa shape index (κ3) is 1.44. The van der Waals surface area contributed by atoms with Crippen molar-refractivity contribution in [2.75, 3.05) is 0 Å². The van der Waals surface area contributed by atoms with Crippen LogP contribution in [-0.2, 0) is 0 Å². The second kappa shape index (κ2) is 3.79. The molecule has 0 aliphatic heterocycles. The Hall–Kier alpha value is -1.92. The molecule has 6 heteroatoms. The summed E-state index contributed by atoms with van der Waals surface area (Å²) in [5.41, 5.74) is 1.38. The predicted molar refractivity (Wildman–Crippen MR) is 79.4 cm³/mol. The van der Waals surface area contributed by atoms with Crippen LogP contribution in [-0.4, -0.2) is 14.4 Å². The topological polar surface area (TPSA) is 47.3 Å². The fraction of sp³-hybridized carbons (Fsp3) is 0. The molecular formula is C13H7N3OS2. The molecule has 0 saturated heterocycles. The number of hydrogen-bond donors (Lipinski definition) is 1. The Labute approximate surface area is 116 Å². The maximum absolute atomic E-state index is 12.0. The minimum absolute atomic E-state index is 0.240. The van der Waals surface area contributed by atoms with Crippen LogP contribution in [0, 0.1) is 0 Å². The normalized spacial score (nSPS) is 11.6. The lowest BCUT2D eigenvalue weighted by atomic mass is 10.3. The number of thiol groups is 1. The average Bonchev–Trinajstić information content (AvgIpc) is 2.79. The molecule has 3 aromatic heterocycles. The minimum Gasteiger partial charge on any atom is -0.268 e. The van der Waals surface area contributed by atoms with Crippen LogP contribution in [0.5, 0.6) is 0 Å². The van der Waals surface area contributed by atoms with Gasteiger partial charge in [-0.15, -0.1) is 12.6 Å². The number of pyridine rings is 1. The standard InChI is InChI=1S/C13H7N3OS2/c17-12-7-3-2-6-14-11(7)16-8-4-1-5-9(18)10(8)19-13(16)15-12/h1-6,18H. The van der Waals surface area contributed by atoms with Crippen molar-refractivity contribution in [3.8, 4) is 0 Å². The van der Waals surface area contributed by atoms with Crippen LogP contribution in [0.2, 0.25) is 0 Å². The molecule has 92 valence electrons. The molecule has 4 aromatic rings. The highest BCUT2D eigenvalue weighted by atomic mass is 32.1. The molecule has 0 spiro atoms. The van der Waals surface area contributed by atoms with Crippen LogP contribution < -0.4 is 5.56 Å². The van der Waals surface area contributed by atoms with Crippen molar-refractivity contribution in [3.05, 3.63) is 46.9 Å². The van der Waals surface area contributed by atoms with Crippen molar-refractivity contribution < 1.29 is 0 Å². The molecule has 0 radical (unpaired) electrons. The predicted octanol–water partition coefficient (Wildman–Crippen LogP) is 2.75.